The van der Waals surface area contributed by atoms with E-state index in [0.717, 1.165) is 25.7 Å². The number of amidine groups is 1. The van der Waals surface area contributed by atoms with E-state index >= 15 is 0 Å². The lowest BCUT2D eigenvalue weighted by atomic mass is 9.63. The maximum Gasteiger partial charge on any atom is 0.338 e. The van der Waals surface area contributed by atoms with Gasteiger partial charge in [-0.3, -0.25) is 14.7 Å². The summed E-state index contributed by atoms with van der Waals surface area (Å²) in [4.78, 5) is 54.2. The maximum absolute atomic E-state index is 14.8. The Balaban J connectivity index is 1.15. The number of hydrogen-bond acceptors (Lipinski definition) is 9. The number of hydrogen-bond donors (Lipinski definition) is 2. The number of ether oxygens (including phenoxy) is 1. The number of thiazole rings is 1. The number of aliphatic imine (C=N–C) groups is 1. The molecule has 3 aliphatic heterocycles. The number of aliphatic carboxylic acids is 1. The molecule has 0 radical (unpaired) electrons. The topological polar surface area (TPSA) is 128 Å². The summed E-state index contributed by atoms with van der Waals surface area (Å²) < 4.78 is 20.3. The molecule has 13 heteroatoms. The van der Waals surface area contributed by atoms with Gasteiger partial charge in [-0.15, -0.1) is 11.3 Å². The molecule has 2 unspecified atom stereocenters. The third-order valence-electron chi connectivity index (χ3n) is 10.3. The molecule has 2 atom stereocenters. The van der Waals surface area contributed by atoms with Gasteiger partial charge in [0, 0.05) is 55.5 Å². The van der Waals surface area contributed by atoms with Gasteiger partial charge in [-0.1, -0.05) is 12.1 Å². The zero-order valence-corrected chi connectivity index (χ0v) is 26.2. The van der Waals surface area contributed by atoms with Crippen molar-refractivity contribution < 1.29 is 28.6 Å². The van der Waals surface area contributed by atoms with Crippen molar-refractivity contribution >= 4 is 35.1 Å². The number of carbonyl (C=O) groups is 3. The number of amides is 2. The van der Waals surface area contributed by atoms with Gasteiger partial charge in [0.1, 0.15) is 11.9 Å². The van der Waals surface area contributed by atoms with E-state index in [9.17, 15) is 23.9 Å². The first-order valence-electron chi connectivity index (χ1n) is 15.5. The van der Waals surface area contributed by atoms with Crippen LogP contribution in [0.2, 0.25) is 0 Å². The van der Waals surface area contributed by atoms with Crippen molar-refractivity contribution in [2.24, 2.45) is 10.4 Å². The Labute approximate surface area is 264 Å². The Morgan fingerprint density at radius 2 is 2.04 bits per heavy atom. The monoisotopic (exact) mass is 636 g/mol. The van der Waals surface area contributed by atoms with E-state index in [1.807, 2.05) is 15.2 Å². The van der Waals surface area contributed by atoms with Gasteiger partial charge >= 0.3 is 18.0 Å². The van der Waals surface area contributed by atoms with Crippen LogP contribution < -0.4 is 5.32 Å². The minimum Gasteiger partial charge on any atom is -0.481 e. The number of rotatable bonds is 9. The molecule has 11 nitrogen and oxygen atoms in total. The average molecular weight is 637 g/mol. The number of fused-ring (bicyclic) bond motifs is 2. The number of carbonyl (C=O) groups excluding carboxylic acids is 2. The van der Waals surface area contributed by atoms with Crippen LogP contribution in [0.4, 0.5) is 9.18 Å². The largest absolute Gasteiger partial charge is 0.481 e. The van der Waals surface area contributed by atoms with Gasteiger partial charge in [0.25, 0.3) is 0 Å². The second-order valence-corrected chi connectivity index (χ2v) is 13.9. The van der Waals surface area contributed by atoms with Crippen molar-refractivity contribution in [3.8, 4) is 0 Å². The third-order valence-corrected chi connectivity index (χ3v) is 11.1. The van der Waals surface area contributed by atoms with Crippen molar-refractivity contribution in [2.45, 2.75) is 63.6 Å². The number of urea groups is 1. The van der Waals surface area contributed by atoms with Gasteiger partial charge in [0.15, 0.2) is 10.8 Å². The summed E-state index contributed by atoms with van der Waals surface area (Å²) in [7, 11) is 0. The predicted octanol–water partition coefficient (Wildman–Crippen LogP) is 3.71. The SMILES string of the molecule is CCOC(=O)C1=C(CN2CCN3C(=O)N(C45CCC(CC(=O)O)(C4)C5)CC3C2)NC(c2nccs2)=NC1c1cccc(F)c1C. The third kappa shape index (κ3) is 5.09. The molecule has 6 aliphatic rings. The highest BCUT2D eigenvalue weighted by Crippen LogP contribution is 2.66. The summed E-state index contributed by atoms with van der Waals surface area (Å²) in [6.45, 7) is 6.39. The zero-order chi connectivity index (χ0) is 31.5. The number of carboxylic acids is 1. The van der Waals surface area contributed by atoms with Crippen LogP contribution >= 0.6 is 11.3 Å². The number of aromatic nitrogens is 1. The molecular formula is C32H37FN6O5S. The Hall–Kier alpha value is -3.84. The van der Waals surface area contributed by atoms with Gasteiger partial charge in [-0.2, -0.15) is 0 Å². The molecule has 3 aliphatic carbocycles. The van der Waals surface area contributed by atoms with Crippen LogP contribution in [0, 0.1) is 18.2 Å². The van der Waals surface area contributed by atoms with E-state index in [2.05, 4.69) is 15.2 Å². The molecule has 0 spiro atoms. The molecule has 5 fully saturated rings. The fraction of sp³-hybridized carbons (Fsp3) is 0.531. The summed E-state index contributed by atoms with van der Waals surface area (Å²) in [5.74, 6) is -1.14. The normalized spacial score (nSPS) is 29.3. The number of benzene rings is 1. The summed E-state index contributed by atoms with van der Waals surface area (Å²) in [5.41, 5.74) is 1.57. The highest BCUT2D eigenvalue weighted by atomic mass is 32.1. The summed E-state index contributed by atoms with van der Waals surface area (Å²) in [5, 5.41) is 15.3. The second-order valence-electron chi connectivity index (χ2n) is 13.0. The fourth-order valence-electron chi connectivity index (χ4n) is 8.36. The molecule has 8 rings (SSSR count). The van der Waals surface area contributed by atoms with Crippen LogP contribution in [0.1, 0.15) is 61.2 Å². The molecule has 1 aromatic carbocycles. The predicted molar refractivity (Wildman–Crippen MR) is 164 cm³/mol. The van der Waals surface area contributed by atoms with E-state index in [-0.39, 0.29) is 41.9 Å². The number of halogens is 1. The molecule has 3 saturated carbocycles. The first-order chi connectivity index (χ1) is 21.6. The van der Waals surface area contributed by atoms with E-state index in [1.54, 1.807) is 32.2 Å². The van der Waals surface area contributed by atoms with Crippen LogP contribution in [-0.4, -0.2) is 99.5 Å². The molecular weight excluding hydrogens is 599 g/mol. The Bertz CT molecular complexity index is 1600. The molecule has 2 bridgehead atoms. The van der Waals surface area contributed by atoms with Crippen LogP contribution in [0.5, 0.6) is 0 Å². The minimum absolute atomic E-state index is 0.0145. The number of piperazine rings is 1. The van der Waals surface area contributed by atoms with Crippen LogP contribution in [0.3, 0.4) is 0 Å². The van der Waals surface area contributed by atoms with Crippen molar-refractivity contribution in [3.05, 3.63) is 63.0 Å². The molecule has 4 heterocycles. The highest BCUT2D eigenvalue weighted by molar-refractivity contribution is 7.11. The van der Waals surface area contributed by atoms with Crippen molar-refractivity contribution in [1.82, 2.24) is 25.0 Å². The quantitative estimate of drug-likeness (QED) is 0.399. The standard InChI is InChI=1S/C32H37FN6O5S/c1-3-44-29(42)25-23(35-27(28-34-9-12-45-28)36-26(25)21-5-4-6-22(33)19(21)2)16-37-10-11-38-20(14-37)15-39(30(38)43)32-8-7-31(17-32,18-32)13-24(40)41/h4-6,9,12,20,26H,3,7-8,10-11,13-18H2,1-2H3,(H,35,36)(H,40,41). The van der Waals surface area contributed by atoms with Crippen molar-refractivity contribution in [1.29, 1.82) is 0 Å². The number of nitrogens with zero attached hydrogens (tertiary/aromatic N) is 5. The number of esters is 1. The van der Waals surface area contributed by atoms with Crippen LogP contribution in [0.25, 0.3) is 0 Å². The Morgan fingerprint density at radius 1 is 1.22 bits per heavy atom. The summed E-state index contributed by atoms with van der Waals surface area (Å²) in [6.07, 6.45) is 5.10. The Morgan fingerprint density at radius 3 is 2.78 bits per heavy atom. The first-order valence-corrected chi connectivity index (χ1v) is 16.4. The second kappa shape index (κ2) is 11.2. The molecule has 2 amide bonds. The minimum atomic E-state index is -0.786. The number of carboxylic acid groups (broad SMARTS) is 1. The van der Waals surface area contributed by atoms with Crippen molar-refractivity contribution in [3.63, 3.8) is 0 Å². The van der Waals surface area contributed by atoms with Gasteiger partial charge in [-0.25, -0.2) is 19.0 Å². The fourth-order valence-corrected chi connectivity index (χ4v) is 8.94. The Kier molecular flexibility index (Phi) is 7.43. The molecule has 2 saturated heterocycles. The van der Waals surface area contributed by atoms with Gasteiger partial charge in [0.05, 0.1) is 24.6 Å². The summed E-state index contributed by atoms with van der Waals surface area (Å²) in [6, 6.07) is 4.06. The van der Waals surface area contributed by atoms with E-state index in [0.29, 0.717) is 66.0 Å². The smallest absolute Gasteiger partial charge is 0.338 e. The lowest BCUT2D eigenvalue weighted by molar-refractivity contribution is -0.142. The lowest BCUT2D eigenvalue weighted by Gasteiger charge is -2.51. The van der Waals surface area contributed by atoms with E-state index in [4.69, 9.17) is 9.73 Å². The highest BCUT2D eigenvalue weighted by Gasteiger charge is 2.66. The lowest BCUT2D eigenvalue weighted by Crippen LogP contribution is -2.57. The number of nitrogens with one attached hydrogen (secondary N) is 1. The van der Waals surface area contributed by atoms with E-state index < -0.39 is 18.0 Å². The van der Waals surface area contributed by atoms with Gasteiger partial charge in [-0.05, 0) is 62.1 Å². The molecule has 2 aromatic rings. The molecule has 2 N–H and O–H groups in total. The van der Waals surface area contributed by atoms with Crippen LogP contribution in [0.15, 0.2) is 46.0 Å². The zero-order valence-electron chi connectivity index (χ0n) is 25.4. The molecule has 1 aromatic heterocycles. The van der Waals surface area contributed by atoms with Gasteiger partial charge in [0.2, 0.25) is 0 Å². The molecule has 45 heavy (non-hydrogen) atoms. The van der Waals surface area contributed by atoms with Crippen LogP contribution in [-0.2, 0) is 14.3 Å². The van der Waals surface area contributed by atoms with E-state index in [1.165, 1.54) is 17.4 Å². The van der Waals surface area contributed by atoms with Gasteiger partial charge < -0.3 is 25.0 Å². The molecule has 238 valence electrons. The van der Waals surface area contributed by atoms with Crippen molar-refractivity contribution in [2.75, 3.05) is 39.3 Å². The average Bonchev–Trinajstić information content (AvgIpc) is 3.78. The first kappa shape index (κ1) is 29.8. The summed E-state index contributed by atoms with van der Waals surface area (Å²) >= 11 is 1.42. The maximum atomic E-state index is 14.8.